The van der Waals surface area contributed by atoms with Crippen molar-refractivity contribution >= 4 is 51.7 Å². The molecule has 1 amide bonds. The van der Waals surface area contributed by atoms with Crippen LogP contribution in [0.3, 0.4) is 0 Å². The zero-order valence-corrected chi connectivity index (χ0v) is 21.5. The van der Waals surface area contributed by atoms with Crippen LogP contribution in [-0.4, -0.2) is 74.8 Å². The Bertz CT molecular complexity index is 1170. The highest BCUT2D eigenvalue weighted by Crippen LogP contribution is 2.34. The Hall–Kier alpha value is -2.27. The third-order valence-electron chi connectivity index (χ3n) is 6.26. The Morgan fingerprint density at radius 2 is 2.09 bits per heavy atom. The highest BCUT2D eigenvalue weighted by Gasteiger charge is 2.35. The first-order chi connectivity index (χ1) is 16.4. The number of nitrogens with zero attached hydrogens (tertiary/aromatic N) is 4. The molecule has 1 N–H and O–H groups in total. The van der Waals surface area contributed by atoms with Crippen molar-refractivity contribution in [2.45, 2.75) is 39.7 Å². The van der Waals surface area contributed by atoms with E-state index < -0.39 is 0 Å². The fourth-order valence-corrected chi connectivity index (χ4v) is 5.53. The van der Waals surface area contributed by atoms with Crippen LogP contribution in [0, 0.1) is 6.92 Å². The van der Waals surface area contributed by atoms with Gasteiger partial charge in [-0.25, -0.2) is 4.98 Å². The quantitative estimate of drug-likeness (QED) is 0.336. The van der Waals surface area contributed by atoms with Gasteiger partial charge in [-0.3, -0.25) is 23.8 Å². The summed E-state index contributed by atoms with van der Waals surface area (Å²) in [4.78, 5) is 35.8. The fraction of sp³-hybridized carbons (Fsp3) is 0.500. The summed E-state index contributed by atoms with van der Waals surface area (Å²) in [7, 11) is 0. The number of aromatic nitrogens is 2. The number of anilines is 1. The molecule has 8 nitrogen and oxygen atoms in total. The van der Waals surface area contributed by atoms with Gasteiger partial charge in [0.1, 0.15) is 15.8 Å². The number of carbonyl (C=O) groups excluding carboxylic acids is 1. The van der Waals surface area contributed by atoms with Crippen LogP contribution in [-0.2, 0) is 9.53 Å². The zero-order valence-electron chi connectivity index (χ0n) is 19.9. The molecule has 2 saturated heterocycles. The maximum atomic E-state index is 13.5. The van der Waals surface area contributed by atoms with Crippen LogP contribution in [0.1, 0.15) is 37.8 Å². The van der Waals surface area contributed by atoms with Crippen molar-refractivity contribution in [3.63, 3.8) is 0 Å². The first-order valence-corrected chi connectivity index (χ1v) is 13.0. The van der Waals surface area contributed by atoms with Crippen molar-refractivity contribution in [1.29, 1.82) is 0 Å². The van der Waals surface area contributed by atoms with E-state index >= 15 is 0 Å². The van der Waals surface area contributed by atoms with E-state index in [4.69, 9.17) is 21.9 Å². The zero-order chi connectivity index (χ0) is 24.2. The molecule has 2 fully saturated rings. The molecule has 182 valence electrons. The van der Waals surface area contributed by atoms with E-state index in [2.05, 4.69) is 10.2 Å². The fourth-order valence-electron chi connectivity index (χ4n) is 4.08. The monoisotopic (exact) mass is 501 g/mol. The average molecular weight is 502 g/mol. The molecular weight excluding hydrogens is 470 g/mol. The molecule has 0 spiro atoms. The van der Waals surface area contributed by atoms with Gasteiger partial charge in [-0.05, 0) is 50.9 Å². The van der Waals surface area contributed by atoms with Crippen LogP contribution in [0.25, 0.3) is 11.7 Å². The van der Waals surface area contributed by atoms with Gasteiger partial charge in [0.05, 0.1) is 23.7 Å². The van der Waals surface area contributed by atoms with Gasteiger partial charge in [-0.2, -0.15) is 0 Å². The number of nitrogens with one attached hydrogen (secondary N) is 1. The molecule has 0 unspecified atom stereocenters. The van der Waals surface area contributed by atoms with Gasteiger partial charge in [0.25, 0.3) is 11.5 Å². The van der Waals surface area contributed by atoms with Crippen LogP contribution in [0.15, 0.2) is 28.0 Å². The van der Waals surface area contributed by atoms with Gasteiger partial charge in [0.15, 0.2) is 0 Å². The molecule has 2 aliphatic rings. The number of pyridine rings is 1. The van der Waals surface area contributed by atoms with Gasteiger partial charge < -0.3 is 10.1 Å². The second-order valence-corrected chi connectivity index (χ2v) is 10.3. The van der Waals surface area contributed by atoms with Crippen molar-refractivity contribution in [1.82, 2.24) is 19.2 Å². The number of carbonyl (C=O) groups is 1. The Kier molecular flexibility index (Phi) is 8.02. The van der Waals surface area contributed by atoms with Crippen LogP contribution < -0.4 is 10.9 Å². The molecule has 1 atom stereocenters. The summed E-state index contributed by atoms with van der Waals surface area (Å²) in [6, 6.07) is 3.77. The lowest BCUT2D eigenvalue weighted by Crippen LogP contribution is -2.37. The van der Waals surface area contributed by atoms with E-state index in [9.17, 15) is 9.59 Å². The third-order valence-corrected chi connectivity index (χ3v) is 7.59. The number of amides is 1. The van der Waals surface area contributed by atoms with Gasteiger partial charge in [-0.15, -0.1) is 0 Å². The predicted octanol–water partition coefficient (Wildman–Crippen LogP) is 3.14. The molecule has 4 heterocycles. The molecule has 2 aromatic heterocycles. The van der Waals surface area contributed by atoms with Crippen LogP contribution in [0.4, 0.5) is 5.82 Å². The van der Waals surface area contributed by atoms with Crippen LogP contribution >= 0.6 is 24.0 Å². The highest BCUT2D eigenvalue weighted by atomic mass is 32.2. The largest absolute Gasteiger partial charge is 0.379 e. The summed E-state index contributed by atoms with van der Waals surface area (Å²) in [5.41, 5.74) is 1.68. The van der Waals surface area contributed by atoms with Crippen molar-refractivity contribution < 1.29 is 9.53 Å². The number of aryl methyl sites for hydroxylation is 1. The van der Waals surface area contributed by atoms with Crippen LogP contribution in [0.5, 0.6) is 0 Å². The molecule has 34 heavy (non-hydrogen) atoms. The number of thioether (sulfide) groups is 1. The molecule has 4 rings (SSSR count). The SMILES string of the molecule is CC[C@H](C)N1C(=O)/C(=C/c2c(NCCCN3CCOCC3)nc3c(C)cccn3c2=O)SC1=S. The number of rotatable bonds is 8. The van der Waals surface area contributed by atoms with Gasteiger partial charge in [0.2, 0.25) is 0 Å². The van der Waals surface area contributed by atoms with E-state index in [0.29, 0.717) is 32.8 Å². The number of fused-ring (bicyclic) bond motifs is 1. The minimum Gasteiger partial charge on any atom is -0.379 e. The van der Waals surface area contributed by atoms with Gasteiger partial charge in [-0.1, -0.05) is 37.0 Å². The van der Waals surface area contributed by atoms with Gasteiger partial charge >= 0.3 is 0 Å². The molecule has 2 aliphatic heterocycles. The molecule has 0 bridgehead atoms. The summed E-state index contributed by atoms with van der Waals surface area (Å²) in [6.45, 7) is 11.0. The molecule has 0 radical (unpaired) electrons. The Balaban J connectivity index is 1.64. The summed E-state index contributed by atoms with van der Waals surface area (Å²) < 4.78 is 7.47. The number of hydrogen-bond donors (Lipinski definition) is 1. The Morgan fingerprint density at radius 1 is 1.32 bits per heavy atom. The average Bonchev–Trinajstić information content (AvgIpc) is 3.12. The normalized spacial score (nSPS) is 19.4. The Morgan fingerprint density at radius 3 is 2.82 bits per heavy atom. The van der Waals surface area contributed by atoms with Crippen LogP contribution in [0.2, 0.25) is 0 Å². The molecule has 0 saturated carbocycles. The van der Waals surface area contributed by atoms with E-state index in [-0.39, 0.29) is 17.5 Å². The van der Waals surface area contributed by atoms with Crippen molar-refractivity contribution in [3.8, 4) is 0 Å². The molecule has 0 aromatic carbocycles. The van der Waals surface area contributed by atoms with E-state index in [1.54, 1.807) is 17.2 Å². The predicted molar refractivity (Wildman–Crippen MR) is 141 cm³/mol. The van der Waals surface area contributed by atoms with Crippen molar-refractivity contribution in [3.05, 3.63) is 44.7 Å². The number of thiocarbonyl (C=S) groups is 1. The minimum absolute atomic E-state index is 0.00894. The standard InChI is InChI=1S/C24H31N5O3S2/c1-4-17(3)29-23(31)19(34-24(29)33)15-18-20(25-8-6-9-27-11-13-32-14-12-27)26-21-16(2)7-5-10-28(21)22(18)30/h5,7,10,15,17,25H,4,6,8-9,11-14H2,1-3H3/b19-15-/t17-/m0/s1. The third kappa shape index (κ3) is 5.19. The number of morpholine rings is 1. The Labute approximate surface area is 209 Å². The maximum Gasteiger partial charge on any atom is 0.267 e. The first-order valence-electron chi connectivity index (χ1n) is 11.7. The first kappa shape index (κ1) is 24.8. The summed E-state index contributed by atoms with van der Waals surface area (Å²) in [5.74, 6) is 0.339. The second-order valence-electron chi connectivity index (χ2n) is 8.61. The lowest BCUT2D eigenvalue weighted by Gasteiger charge is -2.26. The van der Waals surface area contributed by atoms with Crippen molar-refractivity contribution in [2.24, 2.45) is 0 Å². The lowest BCUT2D eigenvalue weighted by atomic mass is 10.2. The summed E-state index contributed by atoms with van der Waals surface area (Å²) in [5, 5.41) is 3.36. The van der Waals surface area contributed by atoms with E-state index in [1.165, 1.54) is 16.2 Å². The molecular formula is C24H31N5O3S2. The summed E-state index contributed by atoms with van der Waals surface area (Å²) >= 11 is 6.70. The maximum absolute atomic E-state index is 13.5. The molecule has 0 aliphatic carbocycles. The van der Waals surface area contributed by atoms with E-state index in [0.717, 1.165) is 51.3 Å². The smallest absolute Gasteiger partial charge is 0.267 e. The van der Waals surface area contributed by atoms with Crippen molar-refractivity contribution in [2.75, 3.05) is 44.7 Å². The molecule has 10 heteroatoms. The summed E-state index contributed by atoms with van der Waals surface area (Å²) in [6.07, 6.45) is 5.07. The number of ether oxygens (including phenoxy) is 1. The highest BCUT2D eigenvalue weighted by molar-refractivity contribution is 8.26. The lowest BCUT2D eigenvalue weighted by molar-refractivity contribution is -0.123. The second kappa shape index (κ2) is 11.0. The topological polar surface area (TPSA) is 79.2 Å². The molecule has 2 aromatic rings. The van der Waals surface area contributed by atoms with Gasteiger partial charge in [0, 0.05) is 31.9 Å². The minimum atomic E-state index is -0.210. The number of hydrogen-bond acceptors (Lipinski definition) is 8. The van der Waals surface area contributed by atoms with E-state index in [1.807, 2.05) is 32.9 Å².